The summed E-state index contributed by atoms with van der Waals surface area (Å²) in [4.78, 5) is 23.8. The van der Waals surface area contributed by atoms with Gasteiger partial charge in [-0.3, -0.25) is 4.79 Å². The smallest absolute Gasteiger partial charge is 0.338 e. The Morgan fingerprint density at radius 3 is 2.29 bits per heavy atom. The molecule has 0 spiro atoms. The first kappa shape index (κ1) is 15.3. The molecule has 2 aromatic carbocycles. The van der Waals surface area contributed by atoms with E-state index < -0.39 is 12.1 Å². The molecule has 0 fully saturated rings. The van der Waals surface area contributed by atoms with E-state index >= 15 is 0 Å². The summed E-state index contributed by atoms with van der Waals surface area (Å²) in [7, 11) is 0. The summed E-state index contributed by atoms with van der Waals surface area (Å²) < 4.78 is 6.01. The molecule has 0 aliphatic rings. The third-order valence-electron chi connectivity index (χ3n) is 2.77. The molecule has 0 bridgehead atoms. The molecule has 0 saturated heterocycles. The third kappa shape index (κ3) is 4.43. The van der Waals surface area contributed by atoms with Gasteiger partial charge in [-0.15, -0.1) is 0 Å². The Kier molecular flexibility index (Phi) is 5.11. The number of rotatable bonds is 4. The van der Waals surface area contributed by atoms with E-state index in [4.69, 9.17) is 4.74 Å². The molecule has 0 aromatic heterocycles. The van der Waals surface area contributed by atoms with Gasteiger partial charge in [-0.05, 0) is 43.3 Å². The van der Waals surface area contributed by atoms with Gasteiger partial charge in [-0.2, -0.15) is 0 Å². The molecule has 2 rings (SSSR count). The number of halogens is 1. The van der Waals surface area contributed by atoms with E-state index in [1.165, 1.54) is 6.92 Å². The highest BCUT2D eigenvalue weighted by Crippen LogP contribution is 2.12. The zero-order valence-corrected chi connectivity index (χ0v) is 13.0. The number of carbonyl (C=O) groups excluding carboxylic acids is 2. The van der Waals surface area contributed by atoms with Gasteiger partial charge in [0, 0.05) is 10.2 Å². The highest BCUT2D eigenvalue weighted by molar-refractivity contribution is 9.10. The normalized spacial score (nSPS) is 11.5. The van der Waals surface area contributed by atoms with Crippen molar-refractivity contribution in [2.75, 3.05) is 5.32 Å². The SMILES string of the molecule is C[C@H](OC(=O)c1ccc(Br)cc1)C(=O)Nc1ccccc1. The average Bonchev–Trinajstić information content (AvgIpc) is 2.48. The maximum absolute atomic E-state index is 11.9. The zero-order valence-electron chi connectivity index (χ0n) is 11.4. The number of para-hydroxylation sites is 1. The highest BCUT2D eigenvalue weighted by Gasteiger charge is 2.18. The number of esters is 1. The van der Waals surface area contributed by atoms with Crippen molar-refractivity contribution in [1.82, 2.24) is 0 Å². The standard InChI is InChI=1S/C16H14BrNO3/c1-11(15(19)18-14-5-3-2-4-6-14)21-16(20)12-7-9-13(17)10-8-12/h2-11H,1H3,(H,18,19)/t11-/m0/s1. The molecule has 1 amide bonds. The number of hydrogen-bond acceptors (Lipinski definition) is 3. The van der Waals surface area contributed by atoms with Crippen molar-refractivity contribution >= 4 is 33.5 Å². The van der Waals surface area contributed by atoms with Gasteiger partial charge in [0.2, 0.25) is 0 Å². The Balaban J connectivity index is 1.94. The molecule has 0 radical (unpaired) electrons. The van der Waals surface area contributed by atoms with Crippen LogP contribution < -0.4 is 5.32 Å². The molecule has 21 heavy (non-hydrogen) atoms. The molecule has 4 nitrogen and oxygen atoms in total. The summed E-state index contributed by atoms with van der Waals surface area (Å²) in [6, 6.07) is 15.8. The van der Waals surface area contributed by atoms with Gasteiger partial charge in [-0.1, -0.05) is 34.1 Å². The van der Waals surface area contributed by atoms with E-state index in [1.54, 1.807) is 36.4 Å². The molecule has 1 N–H and O–H groups in total. The number of anilines is 1. The molecule has 0 aliphatic carbocycles. The van der Waals surface area contributed by atoms with Crippen molar-refractivity contribution in [2.45, 2.75) is 13.0 Å². The van der Waals surface area contributed by atoms with E-state index in [1.807, 2.05) is 18.2 Å². The lowest BCUT2D eigenvalue weighted by Crippen LogP contribution is -2.29. The Hall–Kier alpha value is -2.14. The minimum atomic E-state index is -0.874. The summed E-state index contributed by atoms with van der Waals surface area (Å²) in [5.41, 5.74) is 1.06. The van der Waals surface area contributed by atoms with Crippen LogP contribution in [0.2, 0.25) is 0 Å². The van der Waals surface area contributed by atoms with Crippen molar-refractivity contribution < 1.29 is 14.3 Å². The first-order chi connectivity index (χ1) is 10.1. The van der Waals surface area contributed by atoms with Crippen molar-refractivity contribution in [2.24, 2.45) is 0 Å². The second-order valence-corrected chi connectivity index (χ2v) is 5.33. The first-order valence-corrected chi connectivity index (χ1v) is 7.18. The van der Waals surface area contributed by atoms with Crippen LogP contribution in [0.1, 0.15) is 17.3 Å². The van der Waals surface area contributed by atoms with Crippen molar-refractivity contribution in [3.05, 3.63) is 64.6 Å². The predicted octanol–water partition coefficient (Wildman–Crippen LogP) is 3.63. The summed E-state index contributed by atoms with van der Waals surface area (Å²) in [6.45, 7) is 1.54. The Morgan fingerprint density at radius 2 is 1.67 bits per heavy atom. The molecule has 1 atom stereocenters. The van der Waals surface area contributed by atoms with Crippen LogP contribution in [-0.2, 0) is 9.53 Å². The Bertz CT molecular complexity index is 626. The van der Waals surface area contributed by atoms with E-state index in [-0.39, 0.29) is 5.91 Å². The fourth-order valence-electron chi connectivity index (χ4n) is 1.63. The summed E-state index contributed by atoms with van der Waals surface area (Å²) >= 11 is 3.29. The number of nitrogens with one attached hydrogen (secondary N) is 1. The van der Waals surface area contributed by atoms with Gasteiger partial charge in [-0.25, -0.2) is 4.79 Å². The van der Waals surface area contributed by atoms with Crippen LogP contribution in [0.4, 0.5) is 5.69 Å². The van der Waals surface area contributed by atoms with E-state index in [9.17, 15) is 9.59 Å². The van der Waals surface area contributed by atoms with Crippen molar-refractivity contribution in [3.63, 3.8) is 0 Å². The largest absolute Gasteiger partial charge is 0.449 e. The molecule has 108 valence electrons. The number of amides is 1. The summed E-state index contributed by atoms with van der Waals surface area (Å²) in [5, 5.41) is 2.68. The third-order valence-corrected chi connectivity index (χ3v) is 3.30. The first-order valence-electron chi connectivity index (χ1n) is 6.39. The molecular formula is C16H14BrNO3. The molecule has 0 aliphatic heterocycles. The monoisotopic (exact) mass is 347 g/mol. The summed E-state index contributed by atoms with van der Waals surface area (Å²) in [6.07, 6.45) is -0.874. The predicted molar refractivity (Wildman–Crippen MR) is 84.1 cm³/mol. The molecule has 5 heteroatoms. The molecule has 0 heterocycles. The van der Waals surface area contributed by atoms with Gasteiger partial charge < -0.3 is 10.1 Å². The van der Waals surface area contributed by atoms with Crippen LogP contribution in [0.3, 0.4) is 0 Å². The lowest BCUT2D eigenvalue weighted by atomic mass is 10.2. The quantitative estimate of drug-likeness (QED) is 0.859. The van der Waals surface area contributed by atoms with Crippen LogP contribution in [0, 0.1) is 0 Å². The molecular weight excluding hydrogens is 334 g/mol. The van der Waals surface area contributed by atoms with E-state index in [0.29, 0.717) is 11.3 Å². The topological polar surface area (TPSA) is 55.4 Å². The van der Waals surface area contributed by atoms with Crippen molar-refractivity contribution in [1.29, 1.82) is 0 Å². The minimum absolute atomic E-state index is 0.369. The van der Waals surface area contributed by atoms with Gasteiger partial charge in [0.1, 0.15) is 0 Å². The van der Waals surface area contributed by atoms with E-state index in [2.05, 4.69) is 21.2 Å². The average molecular weight is 348 g/mol. The van der Waals surface area contributed by atoms with Crippen LogP contribution in [-0.4, -0.2) is 18.0 Å². The van der Waals surface area contributed by atoms with Crippen molar-refractivity contribution in [3.8, 4) is 0 Å². The lowest BCUT2D eigenvalue weighted by molar-refractivity contribution is -0.123. The maximum atomic E-state index is 11.9. The van der Waals surface area contributed by atoms with Gasteiger partial charge >= 0.3 is 5.97 Å². The van der Waals surface area contributed by atoms with Crippen LogP contribution in [0.5, 0.6) is 0 Å². The number of ether oxygens (including phenoxy) is 1. The number of hydrogen-bond donors (Lipinski definition) is 1. The zero-order chi connectivity index (χ0) is 15.2. The maximum Gasteiger partial charge on any atom is 0.338 e. The second kappa shape index (κ2) is 7.04. The lowest BCUT2D eigenvalue weighted by Gasteiger charge is -2.13. The molecule has 2 aromatic rings. The fourth-order valence-corrected chi connectivity index (χ4v) is 1.90. The molecule has 0 unspecified atom stereocenters. The van der Waals surface area contributed by atoms with Gasteiger partial charge in [0.05, 0.1) is 5.56 Å². The second-order valence-electron chi connectivity index (χ2n) is 4.41. The van der Waals surface area contributed by atoms with Crippen LogP contribution in [0.25, 0.3) is 0 Å². The van der Waals surface area contributed by atoms with E-state index in [0.717, 1.165) is 4.47 Å². The van der Waals surface area contributed by atoms with Crippen LogP contribution in [0.15, 0.2) is 59.1 Å². The minimum Gasteiger partial charge on any atom is -0.449 e. The van der Waals surface area contributed by atoms with Crippen LogP contribution >= 0.6 is 15.9 Å². The number of carbonyl (C=O) groups is 2. The van der Waals surface area contributed by atoms with Gasteiger partial charge in [0.25, 0.3) is 5.91 Å². The molecule has 0 saturated carbocycles. The Morgan fingerprint density at radius 1 is 1.05 bits per heavy atom. The number of benzene rings is 2. The highest BCUT2D eigenvalue weighted by atomic mass is 79.9. The fraction of sp³-hybridized carbons (Fsp3) is 0.125. The summed E-state index contributed by atoms with van der Waals surface area (Å²) in [5.74, 6) is -0.898. The van der Waals surface area contributed by atoms with Gasteiger partial charge in [0.15, 0.2) is 6.10 Å². The Labute approximate surface area is 131 Å².